The van der Waals surface area contributed by atoms with Gasteiger partial charge in [-0.25, -0.2) is 4.39 Å². The predicted molar refractivity (Wildman–Crippen MR) is 99.4 cm³/mol. The summed E-state index contributed by atoms with van der Waals surface area (Å²) in [5.41, 5.74) is 2.40. The van der Waals surface area contributed by atoms with Crippen molar-refractivity contribution >= 4 is 5.91 Å². The van der Waals surface area contributed by atoms with Crippen molar-refractivity contribution in [1.82, 2.24) is 15.5 Å². The number of nitrogens with one attached hydrogen (secondary N) is 2. The van der Waals surface area contributed by atoms with Crippen LogP contribution in [0.25, 0.3) is 11.3 Å². The zero-order valence-electron chi connectivity index (χ0n) is 14.6. The lowest BCUT2D eigenvalue weighted by Crippen LogP contribution is -2.41. The predicted octanol–water partition coefficient (Wildman–Crippen LogP) is 3.46. The van der Waals surface area contributed by atoms with Crippen LogP contribution in [0.2, 0.25) is 0 Å². The number of aliphatic hydroxyl groups excluding tert-OH is 1. The average molecular weight is 365 g/mol. The Balaban J connectivity index is 1.60. The molecular formula is C21H20FN3O2. The zero-order chi connectivity index (χ0) is 18.8. The van der Waals surface area contributed by atoms with Gasteiger partial charge < -0.3 is 10.4 Å². The number of hydrogen-bond acceptors (Lipinski definition) is 3. The number of H-pyrrole nitrogens is 1. The van der Waals surface area contributed by atoms with Crippen LogP contribution in [0, 0.1) is 11.7 Å². The molecule has 0 aliphatic heterocycles. The van der Waals surface area contributed by atoms with Gasteiger partial charge in [-0.3, -0.25) is 9.89 Å². The Bertz CT molecular complexity index is 935. The van der Waals surface area contributed by atoms with Gasteiger partial charge in [0, 0.05) is 5.56 Å². The number of hydrogen-bond donors (Lipinski definition) is 3. The number of nitrogens with zero attached hydrogens (tertiary/aromatic N) is 1. The number of benzene rings is 2. The van der Waals surface area contributed by atoms with Gasteiger partial charge in [0.25, 0.3) is 5.91 Å². The minimum atomic E-state index is -0.376. The van der Waals surface area contributed by atoms with Crippen molar-refractivity contribution in [2.24, 2.45) is 5.92 Å². The monoisotopic (exact) mass is 365 g/mol. The van der Waals surface area contributed by atoms with Crippen LogP contribution in [0.5, 0.6) is 0 Å². The highest BCUT2D eigenvalue weighted by Crippen LogP contribution is 2.38. The van der Waals surface area contributed by atoms with Crippen molar-refractivity contribution in [2.75, 3.05) is 0 Å². The van der Waals surface area contributed by atoms with Gasteiger partial charge in [-0.15, -0.1) is 0 Å². The molecule has 0 unspecified atom stereocenters. The van der Waals surface area contributed by atoms with Crippen LogP contribution >= 0.6 is 0 Å². The van der Waals surface area contributed by atoms with Crippen molar-refractivity contribution in [1.29, 1.82) is 0 Å². The maximum Gasteiger partial charge on any atom is 0.255 e. The van der Waals surface area contributed by atoms with Crippen molar-refractivity contribution < 1.29 is 14.3 Å². The first-order valence-corrected chi connectivity index (χ1v) is 8.95. The Hall–Kier alpha value is -2.99. The summed E-state index contributed by atoms with van der Waals surface area (Å²) in [4.78, 5) is 13.0. The highest BCUT2D eigenvalue weighted by Gasteiger charge is 2.36. The SMILES string of the molecule is O=C(N[C@@H](c1ccccc1)C1CC(O)C1)c1cn[nH]c1-c1cccc(F)c1. The van der Waals surface area contributed by atoms with Crippen LogP contribution in [-0.2, 0) is 0 Å². The number of aliphatic hydroxyl groups is 1. The second-order valence-electron chi connectivity index (χ2n) is 6.92. The van der Waals surface area contributed by atoms with E-state index in [-0.39, 0.29) is 29.8 Å². The van der Waals surface area contributed by atoms with Gasteiger partial charge in [-0.1, -0.05) is 42.5 Å². The lowest BCUT2D eigenvalue weighted by atomic mass is 9.75. The minimum absolute atomic E-state index is 0.177. The summed E-state index contributed by atoms with van der Waals surface area (Å²) in [5.74, 6) is -0.479. The molecule has 0 spiro atoms. The van der Waals surface area contributed by atoms with Crippen LogP contribution in [0.3, 0.4) is 0 Å². The standard InChI is InChI=1S/C21H20FN3O2/c22-16-8-4-7-14(9-16)20-18(12-23-25-20)21(27)24-19(15-10-17(26)11-15)13-5-2-1-3-6-13/h1-9,12,15,17,19,26H,10-11H2,(H,23,25)(H,24,27)/t15?,17?,19-/m0/s1. The number of carbonyl (C=O) groups is 1. The molecule has 0 bridgehead atoms. The van der Waals surface area contributed by atoms with E-state index in [1.54, 1.807) is 12.1 Å². The third-order valence-corrected chi connectivity index (χ3v) is 5.06. The Labute approximate surface area is 156 Å². The molecular weight excluding hydrogens is 345 g/mol. The highest BCUT2D eigenvalue weighted by atomic mass is 19.1. The van der Waals surface area contributed by atoms with E-state index in [0.29, 0.717) is 29.7 Å². The summed E-state index contributed by atoms with van der Waals surface area (Å²) < 4.78 is 13.6. The maximum atomic E-state index is 13.6. The molecule has 1 amide bonds. The van der Waals surface area contributed by atoms with Gasteiger partial charge in [-0.05, 0) is 36.5 Å². The molecule has 1 heterocycles. The summed E-state index contributed by atoms with van der Waals surface area (Å²) in [7, 11) is 0. The van der Waals surface area contributed by atoms with E-state index in [1.807, 2.05) is 30.3 Å². The molecule has 1 fully saturated rings. The second-order valence-corrected chi connectivity index (χ2v) is 6.92. The van der Waals surface area contributed by atoms with Crippen LogP contribution in [0.1, 0.15) is 34.8 Å². The zero-order valence-corrected chi connectivity index (χ0v) is 14.6. The Kier molecular flexibility index (Phi) is 4.73. The lowest BCUT2D eigenvalue weighted by molar-refractivity contribution is 0.0235. The largest absolute Gasteiger partial charge is 0.393 e. The first-order valence-electron chi connectivity index (χ1n) is 8.95. The van der Waals surface area contributed by atoms with Gasteiger partial charge >= 0.3 is 0 Å². The van der Waals surface area contributed by atoms with E-state index < -0.39 is 0 Å². The molecule has 5 nitrogen and oxygen atoms in total. The minimum Gasteiger partial charge on any atom is -0.393 e. The van der Waals surface area contributed by atoms with E-state index >= 15 is 0 Å². The van der Waals surface area contributed by atoms with E-state index in [4.69, 9.17) is 0 Å². The Morgan fingerprint density at radius 3 is 2.67 bits per heavy atom. The van der Waals surface area contributed by atoms with E-state index in [0.717, 1.165) is 5.56 Å². The van der Waals surface area contributed by atoms with Crippen LogP contribution in [0.4, 0.5) is 4.39 Å². The van der Waals surface area contributed by atoms with Crippen molar-refractivity contribution in [3.05, 3.63) is 77.7 Å². The Morgan fingerprint density at radius 1 is 1.19 bits per heavy atom. The molecule has 1 aliphatic carbocycles. The smallest absolute Gasteiger partial charge is 0.255 e. The fourth-order valence-electron chi connectivity index (χ4n) is 3.58. The number of aromatic nitrogens is 2. The number of carbonyl (C=O) groups excluding carboxylic acids is 1. The summed E-state index contributed by atoms with van der Waals surface area (Å²) in [5, 5.41) is 19.5. The van der Waals surface area contributed by atoms with Crippen molar-refractivity contribution in [3.8, 4) is 11.3 Å². The van der Waals surface area contributed by atoms with E-state index in [2.05, 4.69) is 15.5 Å². The summed E-state index contributed by atoms with van der Waals surface area (Å²) >= 11 is 0. The highest BCUT2D eigenvalue weighted by molar-refractivity contribution is 6.00. The normalized spacial score (nSPS) is 19.9. The average Bonchev–Trinajstić information content (AvgIpc) is 3.14. The van der Waals surface area contributed by atoms with Crippen LogP contribution < -0.4 is 5.32 Å². The third-order valence-electron chi connectivity index (χ3n) is 5.06. The lowest BCUT2D eigenvalue weighted by Gasteiger charge is -2.38. The molecule has 3 aromatic rings. The molecule has 2 aromatic carbocycles. The van der Waals surface area contributed by atoms with Gasteiger partial charge in [-0.2, -0.15) is 5.10 Å². The first kappa shape index (κ1) is 17.4. The molecule has 0 radical (unpaired) electrons. The van der Waals surface area contributed by atoms with E-state index in [9.17, 15) is 14.3 Å². The molecule has 6 heteroatoms. The Morgan fingerprint density at radius 2 is 1.96 bits per heavy atom. The fourth-order valence-corrected chi connectivity index (χ4v) is 3.58. The van der Waals surface area contributed by atoms with Crippen molar-refractivity contribution in [2.45, 2.75) is 25.0 Å². The van der Waals surface area contributed by atoms with Crippen LogP contribution in [0.15, 0.2) is 60.8 Å². The molecule has 1 aliphatic rings. The van der Waals surface area contributed by atoms with Gasteiger partial charge in [0.15, 0.2) is 0 Å². The number of halogens is 1. The topological polar surface area (TPSA) is 78.0 Å². The van der Waals surface area contributed by atoms with Gasteiger partial charge in [0.05, 0.1) is 29.6 Å². The molecule has 4 rings (SSSR count). The summed E-state index contributed by atoms with van der Waals surface area (Å²) in [6, 6.07) is 15.6. The maximum absolute atomic E-state index is 13.6. The molecule has 138 valence electrons. The summed E-state index contributed by atoms with van der Waals surface area (Å²) in [6.07, 6.45) is 2.45. The molecule has 1 saturated carbocycles. The third kappa shape index (κ3) is 3.61. The molecule has 3 N–H and O–H groups in total. The number of aromatic amines is 1. The fraction of sp³-hybridized carbons (Fsp3) is 0.238. The first-order chi connectivity index (χ1) is 13.1. The molecule has 1 atom stereocenters. The number of rotatable bonds is 5. The molecule has 0 saturated heterocycles. The quantitative estimate of drug-likeness (QED) is 0.648. The van der Waals surface area contributed by atoms with Crippen molar-refractivity contribution in [3.63, 3.8) is 0 Å². The van der Waals surface area contributed by atoms with Gasteiger partial charge in [0.1, 0.15) is 5.82 Å². The van der Waals surface area contributed by atoms with Crippen LogP contribution in [-0.4, -0.2) is 27.3 Å². The van der Waals surface area contributed by atoms with E-state index in [1.165, 1.54) is 18.3 Å². The summed E-state index contributed by atoms with van der Waals surface area (Å²) in [6.45, 7) is 0. The number of amides is 1. The molecule has 27 heavy (non-hydrogen) atoms. The second kappa shape index (κ2) is 7.32. The molecule has 1 aromatic heterocycles. The van der Waals surface area contributed by atoms with Gasteiger partial charge in [0.2, 0.25) is 0 Å².